The van der Waals surface area contributed by atoms with Crippen LogP contribution in [-0.2, 0) is 6.61 Å². The number of ether oxygens (including phenoxy) is 2. The standard InChI is InChI=1S/C28H30N2O5/c1-34-19-12-13-24(31)22(15-19)27(32)20-10-6-14-30-16-23(20)26-21(28(29)33)9-5-11-25(26)35-17-18-7-3-2-4-8-18/h2-5,7-9,11-13,15,20,23,30-31H,6,10,14,16-17H2,1H3,(H2,29,33). The monoisotopic (exact) mass is 474 g/mol. The zero-order valence-corrected chi connectivity index (χ0v) is 19.7. The Hall–Kier alpha value is -3.84. The second-order valence-electron chi connectivity index (χ2n) is 8.66. The number of phenolic OH excluding ortho intramolecular Hbond substituents is 1. The molecule has 0 saturated carbocycles. The van der Waals surface area contributed by atoms with Crippen LogP contribution in [0.25, 0.3) is 0 Å². The van der Waals surface area contributed by atoms with E-state index in [0.717, 1.165) is 18.5 Å². The van der Waals surface area contributed by atoms with Crippen LogP contribution < -0.4 is 20.5 Å². The molecule has 0 spiro atoms. The van der Waals surface area contributed by atoms with Crippen molar-refractivity contribution in [1.29, 1.82) is 0 Å². The van der Waals surface area contributed by atoms with Gasteiger partial charge < -0.3 is 25.6 Å². The number of aromatic hydroxyl groups is 1. The highest BCUT2D eigenvalue weighted by atomic mass is 16.5. The molecule has 1 saturated heterocycles. The fraction of sp³-hybridized carbons (Fsp3) is 0.286. The number of hydrogen-bond donors (Lipinski definition) is 3. The zero-order chi connectivity index (χ0) is 24.8. The maximum Gasteiger partial charge on any atom is 0.249 e. The molecule has 7 heteroatoms. The Kier molecular flexibility index (Phi) is 7.67. The number of rotatable bonds is 8. The van der Waals surface area contributed by atoms with E-state index in [2.05, 4.69) is 5.32 Å². The number of methoxy groups -OCH3 is 1. The Bertz CT molecular complexity index is 1200. The molecule has 4 rings (SSSR count). The van der Waals surface area contributed by atoms with Crippen molar-refractivity contribution in [1.82, 2.24) is 5.32 Å². The third kappa shape index (κ3) is 5.46. The normalized spacial score (nSPS) is 17.9. The van der Waals surface area contributed by atoms with Gasteiger partial charge in [-0.1, -0.05) is 36.4 Å². The molecule has 35 heavy (non-hydrogen) atoms. The van der Waals surface area contributed by atoms with E-state index in [9.17, 15) is 14.7 Å². The van der Waals surface area contributed by atoms with Crippen molar-refractivity contribution in [3.63, 3.8) is 0 Å². The SMILES string of the molecule is COc1ccc(O)c(C(=O)C2CCCNCC2c2c(OCc3ccccc3)cccc2C(N)=O)c1. The summed E-state index contributed by atoms with van der Waals surface area (Å²) in [6.07, 6.45) is 1.36. The Morgan fingerprint density at radius 1 is 1.06 bits per heavy atom. The first-order chi connectivity index (χ1) is 17.0. The van der Waals surface area contributed by atoms with Gasteiger partial charge in [0, 0.05) is 29.5 Å². The third-order valence-electron chi connectivity index (χ3n) is 6.46. The number of ketones is 1. The number of carbonyl (C=O) groups excluding carboxylic acids is 2. The van der Waals surface area contributed by atoms with Crippen LogP contribution in [-0.4, -0.2) is 37.0 Å². The molecule has 7 nitrogen and oxygen atoms in total. The molecule has 3 aromatic rings. The van der Waals surface area contributed by atoms with Crippen LogP contribution in [0.5, 0.6) is 17.2 Å². The average Bonchev–Trinajstić information content (AvgIpc) is 3.13. The van der Waals surface area contributed by atoms with Crippen molar-refractivity contribution < 1.29 is 24.2 Å². The lowest BCUT2D eigenvalue weighted by Crippen LogP contribution is -2.30. The van der Waals surface area contributed by atoms with Crippen LogP contribution in [0.2, 0.25) is 0 Å². The van der Waals surface area contributed by atoms with Crippen LogP contribution in [0.15, 0.2) is 66.7 Å². The third-order valence-corrected chi connectivity index (χ3v) is 6.46. The number of phenols is 1. The van der Waals surface area contributed by atoms with Gasteiger partial charge in [-0.2, -0.15) is 0 Å². The minimum Gasteiger partial charge on any atom is -0.507 e. The maximum atomic E-state index is 13.8. The summed E-state index contributed by atoms with van der Waals surface area (Å²) >= 11 is 0. The first-order valence-corrected chi connectivity index (χ1v) is 11.7. The molecule has 0 aliphatic carbocycles. The minimum absolute atomic E-state index is 0.101. The number of amides is 1. The van der Waals surface area contributed by atoms with Gasteiger partial charge in [0.2, 0.25) is 5.91 Å². The molecule has 3 aromatic carbocycles. The molecule has 0 radical (unpaired) electrons. The average molecular weight is 475 g/mol. The van der Waals surface area contributed by atoms with Gasteiger partial charge in [0.25, 0.3) is 0 Å². The number of primary amides is 1. The van der Waals surface area contributed by atoms with Gasteiger partial charge in [-0.25, -0.2) is 0 Å². The van der Waals surface area contributed by atoms with E-state index in [-0.39, 0.29) is 23.0 Å². The number of hydrogen-bond acceptors (Lipinski definition) is 6. The summed E-state index contributed by atoms with van der Waals surface area (Å²) in [5.41, 5.74) is 7.90. The number of Topliss-reactive ketones (excluding diaryl/α,β-unsaturated/α-hetero) is 1. The van der Waals surface area contributed by atoms with E-state index in [1.165, 1.54) is 13.2 Å². The first kappa shape index (κ1) is 24.3. The van der Waals surface area contributed by atoms with Gasteiger partial charge in [0.15, 0.2) is 5.78 Å². The molecular weight excluding hydrogens is 444 g/mol. The van der Waals surface area contributed by atoms with E-state index in [1.807, 2.05) is 30.3 Å². The molecule has 182 valence electrons. The number of benzene rings is 3. The molecule has 2 atom stereocenters. The largest absolute Gasteiger partial charge is 0.507 e. The molecule has 4 N–H and O–H groups in total. The molecule has 0 aromatic heterocycles. The van der Waals surface area contributed by atoms with Gasteiger partial charge in [-0.3, -0.25) is 9.59 Å². The number of nitrogens with two attached hydrogens (primary N) is 1. The van der Waals surface area contributed by atoms with Crippen LogP contribution in [0.4, 0.5) is 0 Å². The van der Waals surface area contributed by atoms with Gasteiger partial charge in [0.05, 0.1) is 12.7 Å². The lowest BCUT2D eigenvalue weighted by Gasteiger charge is -2.28. The van der Waals surface area contributed by atoms with Crippen molar-refractivity contribution in [3.05, 3.63) is 89.0 Å². The minimum atomic E-state index is -0.579. The predicted octanol–water partition coefficient (Wildman–Crippen LogP) is 4.04. The Morgan fingerprint density at radius 3 is 2.60 bits per heavy atom. The molecule has 1 aliphatic heterocycles. The van der Waals surface area contributed by atoms with Crippen LogP contribution >= 0.6 is 0 Å². The zero-order valence-electron chi connectivity index (χ0n) is 19.7. The highest BCUT2D eigenvalue weighted by Gasteiger charge is 2.36. The lowest BCUT2D eigenvalue weighted by atomic mass is 9.77. The summed E-state index contributed by atoms with van der Waals surface area (Å²) in [5, 5.41) is 13.9. The van der Waals surface area contributed by atoms with Crippen molar-refractivity contribution in [2.75, 3.05) is 20.2 Å². The van der Waals surface area contributed by atoms with E-state index in [4.69, 9.17) is 15.2 Å². The Balaban J connectivity index is 1.76. The molecular formula is C28H30N2O5. The first-order valence-electron chi connectivity index (χ1n) is 11.7. The quantitative estimate of drug-likeness (QED) is 0.425. The van der Waals surface area contributed by atoms with Crippen LogP contribution in [0, 0.1) is 5.92 Å². The Labute approximate surface area is 204 Å². The molecule has 1 fully saturated rings. The summed E-state index contributed by atoms with van der Waals surface area (Å²) in [6, 6.07) is 19.6. The van der Waals surface area contributed by atoms with Crippen molar-refractivity contribution in [3.8, 4) is 17.2 Å². The fourth-order valence-electron chi connectivity index (χ4n) is 4.71. The summed E-state index contributed by atoms with van der Waals surface area (Å²) in [7, 11) is 1.51. The number of carbonyl (C=O) groups is 2. The molecule has 1 aliphatic rings. The summed E-state index contributed by atoms with van der Waals surface area (Å²) < 4.78 is 11.5. The topological polar surface area (TPSA) is 111 Å². The van der Waals surface area contributed by atoms with Crippen LogP contribution in [0.1, 0.15) is 50.6 Å². The second kappa shape index (κ2) is 11.1. The summed E-state index contributed by atoms with van der Waals surface area (Å²) in [4.78, 5) is 26.3. The highest BCUT2D eigenvalue weighted by Crippen LogP contribution is 2.40. The molecule has 1 heterocycles. The van der Waals surface area contributed by atoms with Gasteiger partial charge in [0.1, 0.15) is 23.9 Å². The van der Waals surface area contributed by atoms with Gasteiger partial charge in [-0.15, -0.1) is 0 Å². The van der Waals surface area contributed by atoms with Gasteiger partial charge in [-0.05, 0) is 55.3 Å². The molecule has 0 bridgehead atoms. The summed E-state index contributed by atoms with van der Waals surface area (Å²) in [6.45, 7) is 1.52. The van der Waals surface area contributed by atoms with Crippen LogP contribution in [0.3, 0.4) is 0 Å². The lowest BCUT2D eigenvalue weighted by molar-refractivity contribution is 0.0887. The van der Waals surface area contributed by atoms with E-state index >= 15 is 0 Å². The van der Waals surface area contributed by atoms with Crippen molar-refractivity contribution in [2.45, 2.75) is 25.4 Å². The predicted molar refractivity (Wildman–Crippen MR) is 133 cm³/mol. The Morgan fingerprint density at radius 2 is 1.86 bits per heavy atom. The molecule has 1 amide bonds. The maximum absolute atomic E-state index is 13.8. The van der Waals surface area contributed by atoms with Crippen molar-refractivity contribution in [2.24, 2.45) is 11.7 Å². The highest BCUT2D eigenvalue weighted by molar-refractivity contribution is 6.02. The van der Waals surface area contributed by atoms with E-state index in [1.54, 1.807) is 30.3 Å². The van der Waals surface area contributed by atoms with E-state index in [0.29, 0.717) is 42.2 Å². The van der Waals surface area contributed by atoms with Crippen molar-refractivity contribution >= 4 is 11.7 Å². The number of nitrogens with one attached hydrogen (secondary N) is 1. The van der Waals surface area contributed by atoms with E-state index < -0.39 is 11.8 Å². The molecule has 2 unspecified atom stereocenters. The second-order valence-corrected chi connectivity index (χ2v) is 8.66. The fourth-order valence-corrected chi connectivity index (χ4v) is 4.71. The summed E-state index contributed by atoms with van der Waals surface area (Å²) in [5.74, 6) is -0.762. The van der Waals surface area contributed by atoms with Gasteiger partial charge >= 0.3 is 0 Å². The smallest absolute Gasteiger partial charge is 0.249 e.